The van der Waals surface area contributed by atoms with E-state index in [2.05, 4.69) is 15.4 Å². The van der Waals surface area contributed by atoms with E-state index >= 15 is 0 Å². The zero-order valence-corrected chi connectivity index (χ0v) is 20.7. The van der Waals surface area contributed by atoms with Crippen molar-refractivity contribution in [3.05, 3.63) is 65.7 Å². The minimum absolute atomic E-state index is 0.0115. The van der Waals surface area contributed by atoms with Crippen LogP contribution in [0.4, 0.5) is 4.79 Å². The lowest BCUT2D eigenvalue weighted by Crippen LogP contribution is -2.51. The van der Waals surface area contributed by atoms with Gasteiger partial charge in [-0.25, -0.2) is 17.9 Å². The number of sulfonamides is 1. The van der Waals surface area contributed by atoms with Crippen LogP contribution in [0.3, 0.4) is 0 Å². The van der Waals surface area contributed by atoms with E-state index in [0.717, 1.165) is 18.4 Å². The van der Waals surface area contributed by atoms with Gasteiger partial charge < -0.3 is 15.5 Å². The van der Waals surface area contributed by atoms with Gasteiger partial charge >= 0.3 is 6.03 Å². The highest BCUT2D eigenvalue weighted by Crippen LogP contribution is 2.19. The fourth-order valence-corrected chi connectivity index (χ4v) is 5.73. The second-order valence-corrected chi connectivity index (χ2v) is 11.1. The molecule has 2 aromatic rings. The number of carbonyl (C=O) groups is 2. The minimum Gasteiger partial charge on any atom is -0.349 e. The lowest BCUT2D eigenvalue weighted by Gasteiger charge is -2.34. The highest BCUT2D eigenvalue weighted by Gasteiger charge is 2.26. The van der Waals surface area contributed by atoms with Crippen molar-refractivity contribution in [1.29, 1.82) is 0 Å². The molecule has 1 aliphatic heterocycles. The molecule has 0 unspecified atom stereocenters. The molecule has 3 amide bonds. The lowest BCUT2D eigenvalue weighted by atomic mass is 9.95. The van der Waals surface area contributed by atoms with Gasteiger partial charge in [-0.05, 0) is 49.4 Å². The molecule has 0 aromatic heterocycles. The molecule has 9 heteroatoms. The number of urea groups is 1. The standard InChI is InChI=1S/C26H34N4O4S/c31-25(28-23-14-16-30(17-15-23)26(32)29-22-11-5-2-6-12-22)21-10-7-13-24(18-21)35(33,34)27-19-20-8-3-1-4-9-20/h1,3-4,7-10,13,18,22-23,27H,2,5-6,11-12,14-17,19H2,(H,28,31)(H,29,32). The summed E-state index contributed by atoms with van der Waals surface area (Å²) >= 11 is 0. The summed E-state index contributed by atoms with van der Waals surface area (Å²) in [6.07, 6.45) is 7.02. The number of benzene rings is 2. The van der Waals surface area contributed by atoms with Crippen molar-refractivity contribution in [3.63, 3.8) is 0 Å². The fourth-order valence-electron chi connectivity index (χ4n) is 4.67. The van der Waals surface area contributed by atoms with Gasteiger partial charge in [0.25, 0.3) is 5.91 Å². The largest absolute Gasteiger partial charge is 0.349 e. The highest BCUT2D eigenvalue weighted by atomic mass is 32.2. The Kier molecular flexibility index (Phi) is 8.41. The molecule has 35 heavy (non-hydrogen) atoms. The van der Waals surface area contributed by atoms with Gasteiger partial charge in [-0.15, -0.1) is 0 Å². The monoisotopic (exact) mass is 498 g/mol. The van der Waals surface area contributed by atoms with Crippen LogP contribution in [-0.4, -0.2) is 50.4 Å². The maximum atomic E-state index is 12.8. The average Bonchev–Trinajstić information content (AvgIpc) is 2.89. The van der Waals surface area contributed by atoms with E-state index in [1.165, 1.54) is 31.4 Å². The highest BCUT2D eigenvalue weighted by molar-refractivity contribution is 7.89. The smallest absolute Gasteiger partial charge is 0.317 e. The van der Waals surface area contributed by atoms with Gasteiger partial charge in [0.2, 0.25) is 10.0 Å². The molecule has 0 atom stereocenters. The first-order valence-corrected chi connectivity index (χ1v) is 13.9. The minimum atomic E-state index is -3.76. The maximum Gasteiger partial charge on any atom is 0.317 e. The molecule has 3 N–H and O–H groups in total. The molecular formula is C26H34N4O4S. The van der Waals surface area contributed by atoms with E-state index in [1.54, 1.807) is 12.1 Å². The molecular weight excluding hydrogens is 464 g/mol. The van der Waals surface area contributed by atoms with E-state index in [-0.39, 0.29) is 35.5 Å². The predicted molar refractivity (Wildman–Crippen MR) is 134 cm³/mol. The third-order valence-corrected chi connectivity index (χ3v) is 8.16. The SMILES string of the molecule is O=C(NC1CCN(C(=O)NC2CCCCC2)CC1)c1cccc(S(=O)(=O)NCc2ccccc2)c1. The molecule has 1 saturated carbocycles. The van der Waals surface area contributed by atoms with Gasteiger partial charge in [0.05, 0.1) is 4.90 Å². The Morgan fingerprint density at radius 2 is 1.51 bits per heavy atom. The molecule has 1 aliphatic carbocycles. The first kappa shape index (κ1) is 25.2. The van der Waals surface area contributed by atoms with Crippen molar-refractivity contribution < 1.29 is 18.0 Å². The second kappa shape index (κ2) is 11.7. The van der Waals surface area contributed by atoms with E-state index in [9.17, 15) is 18.0 Å². The van der Waals surface area contributed by atoms with E-state index in [1.807, 2.05) is 35.2 Å². The number of nitrogens with one attached hydrogen (secondary N) is 3. The van der Waals surface area contributed by atoms with Crippen LogP contribution in [-0.2, 0) is 16.6 Å². The van der Waals surface area contributed by atoms with Crippen LogP contribution in [0.25, 0.3) is 0 Å². The normalized spacial score (nSPS) is 17.7. The van der Waals surface area contributed by atoms with Gasteiger partial charge in [-0.1, -0.05) is 55.7 Å². The summed E-state index contributed by atoms with van der Waals surface area (Å²) in [6, 6.07) is 15.5. The number of piperidine rings is 1. The summed E-state index contributed by atoms with van der Waals surface area (Å²) in [5, 5.41) is 6.15. The van der Waals surface area contributed by atoms with Gasteiger partial charge in [0.1, 0.15) is 0 Å². The third kappa shape index (κ3) is 7.05. The molecule has 0 bridgehead atoms. The van der Waals surface area contributed by atoms with Crippen molar-refractivity contribution in [2.45, 2.75) is 68.5 Å². The van der Waals surface area contributed by atoms with Gasteiger partial charge in [-0.3, -0.25) is 4.79 Å². The molecule has 1 heterocycles. The maximum absolute atomic E-state index is 12.8. The average molecular weight is 499 g/mol. The van der Waals surface area contributed by atoms with Gasteiger partial charge in [-0.2, -0.15) is 0 Å². The Morgan fingerprint density at radius 3 is 2.23 bits per heavy atom. The van der Waals surface area contributed by atoms with E-state index in [0.29, 0.717) is 31.5 Å². The van der Waals surface area contributed by atoms with Crippen molar-refractivity contribution in [2.75, 3.05) is 13.1 Å². The van der Waals surface area contributed by atoms with Crippen LogP contribution in [0.5, 0.6) is 0 Å². The Bertz CT molecular complexity index is 1110. The first-order chi connectivity index (χ1) is 16.9. The summed E-state index contributed by atoms with van der Waals surface area (Å²) < 4.78 is 28.0. The summed E-state index contributed by atoms with van der Waals surface area (Å²) in [5.74, 6) is -0.310. The lowest BCUT2D eigenvalue weighted by molar-refractivity contribution is 0.0917. The van der Waals surface area contributed by atoms with E-state index < -0.39 is 10.0 Å². The molecule has 1 saturated heterocycles. The van der Waals surface area contributed by atoms with Crippen LogP contribution in [0.2, 0.25) is 0 Å². The summed E-state index contributed by atoms with van der Waals surface area (Å²) in [6.45, 7) is 1.34. The molecule has 4 rings (SSSR count). The Morgan fingerprint density at radius 1 is 0.829 bits per heavy atom. The molecule has 0 radical (unpaired) electrons. The first-order valence-electron chi connectivity index (χ1n) is 12.4. The van der Waals surface area contributed by atoms with Crippen molar-refractivity contribution in [1.82, 2.24) is 20.3 Å². The quantitative estimate of drug-likeness (QED) is 0.544. The van der Waals surface area contributed by atoms with Crippen molar-refractivity contribution >= 4 is 22.0 Å². The topological polar surface area (TPSA) is 108 Å². The fraction of sp³-hybridized carbons (Fsp3) is 0.462. The van der Waals surface area contributed by atoms with Gasteiger partial charge in [0, 0.05) is 37.3 Å². The Balaban J connectivity index is 1.28. The number of hydrogen-bond donors (Lipinski definition) is 3. The second-order valence-electron chi connectivity index (χ2n) is 9.36. The predicted octanol–water partition coefficient (Wildman–Crippen LogP) is 3.40. The van der Waals surface area contributed by atoms with Crippen molar-refractivity contribution in [2.24, 2.45) is 0 Å². The number of rotatable bonds is 7. The number of nitrogens with zero attached hydrogens (tertiary/aromatic N) is 1. The van der Waals surface area contributed by atoms with Crippen LogP contribution in [0.1, 0.15) is 60.9 Å². The molecule has 2 aliphatic rings. The van der Waals surface area contributed by atoms with Crippen LogP contribution < -0.4 is 15.4 Å². The molecule has 2 fully saturated rings. The number of hydrogen-bond acceptors (Lipinski definition) is 4. The molecule has 0 spiro atoms. The summed E-state index contributed by atoms with van der Waals surface area (Å²) in [7, 11) is -3.76. The van der Waals surface area contributed by atoms with Crippen LogP contribution in [0, 0.1) is 0 Å². The molecule has 188 valence electrons. The van der Waals surface area contributed by atoms with Crippen LogP contribution >= 0.6 is 0 Å². The van der Waals surface area contributed by atoms with Gasteiger partial charge in [0.15, 0.2) is 0 Å². The molecule has 8 nitrogen and oxygen atoms in total. The third-order valence-electron chi connectivity index (χ3n) is 6.77. The number of amides is 3. The van der Waals surface area contributed by atoms with Crippen LogP contribution in [0.15, 0.2) is 59.5 Å². The molecule has 2 aromatic carbocycles. The number of likely N-dealkylation sites (tertiary alicyclic amines) is 1. The zero-order valence-electron chi connectivity index (χ0n) is 19.9. The zero-order chi connectivity index (χ0) is 24.7. The Labute approximate surface area is 207 Å². The summed E-state index contributed by atoms with van der Waals surface area (Å²) in [5.41, 5.74) is 1.15. The summed E-state index contributed by atoms with van der Waals surface area (Å²) in [4.78, 5) is 27.3. The van der Waals surface area contributed by atoms with Crippen molar-refractivity contribution in [3.8, 4) is 0 Å². The number of carbonyl (C=O) groups excluding carboxylic acids is 2. The van der Waals surface area contributed by atoms with E-state index in [4.69, 9.17) is 0 Å². The Hall–Kier alpha value is -2.91.